The first-order valence-corrected chi connectivity index (χ1v) is 8.97. The van der Waals surface area contributed by atoms with Crippen LogP contribution in [-0.2, 0) is 11.0 Å². The van der Waals surface area contributed by atoms with E-state index in [9.17, 15) is 28.1 Å². The Hall–Kier alpha value is -3.63. The first-order valence-electron chi connectivity index (χ1n) is 8.97. The maximum absolute atomic E-state index is 12.8. The van der Waals surface area contributed by atoms with Gasteiger partial charge in [-0.3, -0.25) is 14.9 Å². The van der Waals surface area contributed by atoms with E-state index in [0.717, 1.165) is 23.2 Å². The summed E-state index contributed by atoms with van der Waals surface area (Å²) in [6.45, 7) is 1.92. The number of alkyl halides is 3. The number of rotatable bonds is 7. The Bertz CT molecular complexity index is 1080. The van der Waals surface area contributed by atoms with Gasteiger partial charge in [0.05, 0.1) is 27.8 Å². The molecule has 0 radical (unpaired) electrons. The quantitative estimate of drug-likeness (QED) is 0.344. The monoisotopic (exact) mass is 421 g/mol. The van der Waals surface area contributed by atoms with Crippen molar-refractivity contribution >= 4 is 28.3 Å². The van der Waals surface area contributed by atoms with Crippen molar-refractivity contribution in [3.8, 4) is 0 Å². The second-order valence-electron chi connectivity index (χ2n) is 6.52. The summed E-state index contributed by atoms with van der Waals surface area (Å²) in [5.74, 6) is -0.290. The number of amides is 1. The van der Waals surface area contributed by atoms with E-state index < -0.39 is 28.4 Å². The lowest BCUT2D eigenvalue weighted by molar-refractivity contribution is -0.384. The molecule has 1 heterocycles. The van der Waals surface area contributed by atoms with Crippen LogP contribution in [0.2, 0.25) is 0 Å². The summed E-state index contributed by atoms with van der Waals surface area (Å²) in [5, 5.41) is 16.5. The molecule has 0 fully saturated rings. The Morgan fingerprint density at radius 3 is 2.67 bits per heavy atom. The highest BCUT2D eigenvalue weighted by molar-refractivity contribution is 5.83. The van der Waals surface area contributed by atoms with Crippen LogP contribution in [0.15, 0.2) is 48.8 Å². The molecule has 0 saturated carbocycles. The van der Waals surface area contributed by atoms with Crippen LogP contribution in [0, 0.1) is 10.1 Å². The number of carbonyl (C=O) groups is 1. The number of aromatic nitrogens is 2. The van der Waals surface area contributed by atoms with E-state index in [1.54, 1.807) is 17.8 Å². The molecule has 0 spiro atoms. The van der Waals surface area contributed by atoms with Crippen molar-refractivity contribution in [3.63, 3.8) is 0 Å². The van der Waals surface area contributed by atoms with Crippen molar-refractivity contribution in [1.82, 2.24) is 14.9 Å². The van der Waals surface area contributed by atoms with Crippen LogP contribution in [0.3, 0.4) is 0 Å². The lowest BCUT2D eigenvalue weighted by Gasteiger charge is -2.15. The number of anilines is 1. The molecule has 158 valence electrons. The number of hydrogen-bond donors (Lipinski definition) is 2. The topological polar surface area (TPSA) is 102 Å². The maximum Gasteiger partial charge on any atom is 0.416 e. The third kappa shape index (κ3) is 4.50. The third-order valence-corrected chi connectivity index (χ3v) is 4.54. The second kappa shape index (κ2) is 8.39. The van der Waals surface area contributed by atoms with Crippen LogP contribution in [0.1, 0.15) is 18.5 Å². The van der Waals surface area contributed by atoms with Gasteiger partial charge in [-0.15, -0.1) is 0 Å². The summed E-state index contributed by atoms with van der Waals surface area (Å²) in [4.78, 5) is 26.8. The van der Waals surface area contributed by atoms with Crippen LogP contribution >= 0.6 is 0 Å². The van der Waals surface area contributed by atoms with Gasteiger partial charge in [0.15, 0.2) is 0 Å². The lowest BCUT2D eigenvalue weighted by Crippen LogP contribution is -2.34. The minimum absolute atomic E-state index is 0.0594. The molecule has 0 aliphatic heterocycles. The zero-order chi connectivity index (χ0) is 21.9. The van der Waals surface area contributed by atoms with Gasteiger partial charge in [0.1, 0.15) is 11.7 Å². The molecular formula is C19H18F3N5O3. The van der Waals surface area contributed by atoms with E-state index in [1.807, 2.05) is 24.3 Å². The molecule has 1 atom stereocenters. The lowest BCUT2D eigenvalue weighted by atomic mass is 10.1. The fourth-order valence-electron chi connectivity index (χ4n) is 2.95. The van der Waals surface area contributed by atoms with Crippen LogP contribution < -0.4 is 10.6 Å². The number of nitrogens with zero attached hydrogens (tertiary/aromatic N) is 3. The molecule has 1 aromatic heterocycles. The zero-order valence-electron chi connectivity index (χ0n) is 15.8. The van der Waals surface area contributed by atoms with Crippen molar-refractivity contribution in [2.45, 2.75) is 19.1 Å². The number of nitro groups is 1. The summed E-state index contributed by atoms with van der Waals surface area (Å²) in [7, 11) is 0. The Morgan fingerprint density at radius 1 is 1.23 bits per heavy atom. The SMILES string of the molecule is CC(C(=O)NCCNc1ccc(C(F)(F)F)cc1[N+](=O)[O-])n1cnc2ccccc21. The molecule has 3 aromatic rings. The molecule has 0 aliphatic rings. The molecule has 30 heavy (non-hydrogen) atoms. The molecule has 0 bridgehead atoms. The van der Waals surface area contributed by atoms with Gasteiger partial charge in [0, 0.05) is 19.2 Å². The van der Waals surface area contributed by atoms with Crippen molar-refractivity contribution < 1.29 is 22.9 Å². The molecule has 1 amide bonds. The average Bonchev–Trinajstić information content (AvgIpc) is 3.13. The standard InChI is InChI=1S/C19H18F3N5O3/c1-12(26-11-25-14-4-2-3-5-16(14)26)18(28)24-9-8-23-15-7-6-13(19(20,21)22)10-17(15)27(29)30/h2-7,10-12,23H,8-9H2,1H3,(H,24,28). The normalized spacial score (nSPS) is 12.5. The second-order valence-corrected chi connectivity index (χ2v) is 6.52. The number of benzene rings is 2. The average molecular weight is 421 g/mol. The van der Waals surface area contributed by atoms with Crippen molar-refractivity contribution in [3.05, 3.63) is 64.5 Å². The predicted molar refractivity (Wildman–Crippen MR) is 104 cm³/mol. The Kier molecular flexibility index (Phi) is 5.90. The van der Waals surface area contributed by atoms with Crippen LogP contribution in [-0.4, -0.2) is 33.5 Å². The third-order valence-electron chi connectivity index (χ3n) is 4.54. The summed E-state index contributed by atoms with van der Waals surface area (Å²) in [6, 6.07) is 9.06. The zero-order valence-corrected chi connectivity index (χ0v) is 15.8. The molecule has 3 rings (SSSR count). The Labute approximate surface area is 168 Å². The van der Waals surface area contributed by atoms with Crippen LogP contribution in [0.4, 0.5) is 24.5 Å². The molecule has 0 saturated heterocycles. The highest BCUT2D eigenvalue weighted by atomic mass is 19.4. The van der Waals surface area contributed by atoms with Gasteiger partial charge in [-0.25, -0.2) is 4.98 Å². The van der Waals surface area contributed by atoms with E-state index in [1.165, 1.54) is 0 Å². The minimum atomic E-state index is -4.68. The van der Waals surface area contributed by atoms with Gasteiger partial charge in [0.2, 0.25) is 5.91 Å². The molecular weight excluding hydrogens is 403 g/mol. The Morgan fingerprint density at radius 2 is 1.97 bits per heavy atom. The summed E-state index contributed by atoms with van der Waals surface area (Å²) in [5.41, 5.74) is -0.285. The molecule has 1 unspecified atom stereocenters. The number of hydrogen-bond acceptors (Lipinski definition) is 5. The minimum Gasteiger partial charge on any atom is -0.378 e. The molecule has 2 aromatic carbocycles. The van der Waals surface area contributed by atoms with Crippen LogP contribution in [0.5, 0.6) is 0 Å². The largest absolute Gasteiger partial charge is 0.416 e. The Balaban J connectivity index is 1.59. The van der Waals surface area contributed by atoms with Gasteiger partial charge < -0.3 is 15.2 Å². The number of nitro benzene ring substituents is 1. The van der Waals surface area contributed by atoms with E-state index in [0.29, 0.717) is 6.07 Å². The highest BCUT2D eigenvalue weighted by Crippen LogP contribution is 2.34. The van der Waals surface area contributed by atoms with Gasteiger partial charge >= 0.3 is 6.18 Å². The summed E-state index contributed by atoms with van der Waals surface area (Å²) in [6.07, 6.45) is -3.11. The molecule has 0 aliphatic carbocycles. The molecule has 2 N–H and O–H groups in total. The number of imidazole rings is 1. The van der Waals surface area contributed by atoms with Crippen molar-refractivity contribution in [2.24, 2.45) is 0 Å². The van der Waals surface area contributed by atoms with E-state index in [-0.39, 0.29) is 24.7 Å². The first-order chi connectivity index (χ1) is 14.2. The fourth-order valence-corrected chi connectivity index (χ4v) is 2.95. The van der Waals surface area contributed by atoms with E-state index >= 15 is 0 Å². The number of fused-ring (bicyclic) bond motifs is 1. The van der Waals surface area contributed by atoms with Crippen LogP contribution in [0.25, 0.3) is 11.0 Å². The molecule has 11 heteroatoms. The highest BCUT2D eigenvalue weighted by Gasteiger charge is 2.33. The van der Waals surface area contributed by atoms with E-state index in [4.69, 9.17) is 0 Å². The first kappa shape index (κ1) is 21.1. The predicted octanol–water partition coefficient (Wildman–Crippen LogP) is 3.75. The van der Waals surface area contributed by atoms with E-state index in [2.05, 4.69) is 15.6 Å². The molecule has 8 nitrogen and oxygen atoms in total. The van der Waals surface area contributed by atoms with Crippen molar-refractivity contribution in [1.29, 1.82) is 0 Å². The van der Waals surface area contributed by atoms with Gasteiger partial charge in [0.25, 0.3) is 5.69 Å². The summed E-state index contributed by atoms with van der Waals surface area (Å²) >= 11 is 0. The smallest absolute Gasteiger partial charge is 0.378 e. The number of halogens is 3. The number of nitrogens with one attached hydrogen (secondary N) is 2. The fraction of sp³-hybridized carbons (Fsp3) is 0.263. The van der Waals surface area contributed by atoms with Gasteiger partial charge in [-0.2, -0.15) is 13.2 Å². The van der Waals surface area contributed by atoms with Gasteiger partial charge in [-0.1, -0.05) is 12.1 Å². The van der Waals surface area contributed by atoms with Crippen molar-refractivity contribution in [2.75, 3.05) is 18.4 Å². The summed E-state index contributed by atoms with van der Waals surface area (Å²) < 4.78 is 40.0. The van der Waals surface area contributed by atoms with Gasteiger partial charge in [-0.05, 0) is 31.2 Å². The number of carbonyl (C=O) groups excluding carboxylic acids is 1. The number of para-hydroxylation sites is 2. The maximum atomic E-state index is 12.8.